The average Bonchev–Trinajstić information content (AvgIpc) is 2.75. The molecule has 17 heavy (non-hydrogen) atoms. The number of nitrogens with one attached hydrogen (secondary N) is 1. The van der Waals surface area contributed by atoms with Crippen molar-refractivity contribution in [3.8, 4) is 17.1 Å². The highest BCUT2D eigenvalue weighted by molar-refractivity contribution is 6.30. The summed E-state index contributed by atoms with van der Waals surface area (Å²) in [5, 5.41) is 10.3. The lowest BCUT2D eigenvalue weighted by Gasteiger charge is -2.00. The van der Waals surface area contributed by atoms with Crippen LogP contribution < -0.4 is 0 Å². The number of aromatic hydroxyl groups is 1. The van der Waals surface area contributed by atoms with Gasteiger partial charge in [0.15, 0.2) is 5.65 Å². The number of halogens is 1. The van der Waals surface area contributed by atoms with Gasteiger partial charge in [0.2, 0.25) is 0 Å². The number of imidazole rings is 1. The minimum atomic E-state index is 0.133. The number of phenols is 1. The van der Waals surface area contributed by atoms with E-state index in [-0.39, 0.29) is 5.75 Å². The monoisotopic (exact) mass is 245 g/mol. The summed E-state index contributed by atoms with van der Waals surface area (Å²) in [7, 11) is 0. The van der Waals surface area contributed by atoms with Crippen LogP contribution in [-0.2, 0) is 0 Å². The van der Waals surface area contributed by atoms with Crippen LogP contribution in [-0.4, -0.2) is 20.1 Å². The van der Waals surface area contributed by atoms with Gasteiger partial charge in [-0.1, -0.05) is 11.6 Å². The first-order valence-corrected chi connectivity index (χ1v) is 5.41. The first kappa shape index (κ1) is 10.1. The number of phenolic OH excluding ortho intramolecular Hbond substituents is 1. The summed E-state index contributed by atoms with van der Waals surface area (Å²) in [4.78, 5) is 11.5. The van der Waals surface area contributed by atoms with Gasteiger partial charge in [-0.15, -0.1) is 0 Å². The van der Waals surface area contributed by atoms with Crippen LogP contribution >= 0.6 is 11.6 Å². The van der Waals surface area contributed by atoms with Crippen molar-refractivity contribution in [3.05, 3.63) is 41.6 Å². The van der Waals surface area contributed by atoms with Gasteiger partial charge in [0.25, 0.3) is 0 Å². The van der Waals surface area contributed by atoms with E-state index in [2.05, 4.69) is 15.0 Å². The molecule has 0 bridgehead atoms. The lowest BCUT2D eigenvalue weighted by atomic mass is 10.2. The topological polar surface area (TPSA) is 61.8 Å². The molecule has 1 aromatic carbocycles. The second-order valence-corrected chi connectivity index (χ2v) is 4.06. The van der Waals surface area contributed by atoms with E-state index in [0.717, 1.165) is 5.52 Å². The molecule has 2 heterocycles. The van der Waals surface area contributed by atoms with Gasteiger partial charge in [0.05, 0.1) is 11.1 Å². The number of rotatable bonds is 1. The van der Waals surface area contributed by atoms with Gasteiger partial charge >= 0.3 is 0 Å². The van der Waals surface area contributed by atoms with Gasteiger partial charge in [0, 0.05) is 11.2 Å². The van der Waals surface area contributed by atoms with Gasteiger partial charge in [-0.2, -0.15) is 0 Å². The molecule has 5 heteroatoms. The molecule has 4 nitrogen and oxygen atoms in total. The van der Waals surface area contributed by atoms with Crippen molar-refractivity contribution in [3.63, 3.8) is 0 Å². The quantitative estimate of drug-likeness (QED) is 0.693. The second-order valence-electron chi connectivity index (χ2n) is 3.62. The normalized spacial score (nSPS) is 10.9. The molecule has 0 unspecified atom stereocenters. The smallest absolute Gasteiger partial charge is 0.178 e. The number of fused-ring (bicyclic) bond motifs is 1. The molecular weight excluding hydrogens is 238 g/mol. The number of hydrogen-bond donors (Lipinski definition) is 2. The number of pyridine rings is 1. The predicted molar refractivity (Wildman–Crippen MR) is 66.0 cm³/mol. The Morgan fingerprint density at radius 3 is 2.94 bits per heavy atom. The molecule has 0 saturated carbocycles. The molecule has 0 fully saturated rings. The lowest BCUT2D eigenvalue weighted by Crippen LogP contribution is -1.81. The predicted octanol–water partition coefficient (Wildman–Crippen LogP) is 2.98. The van der Waals surface area contributed by atoms with Crippen molar-refractivity contribution in [2.24, 2.45) is 0 Å². The van der Waals surface area contributed by atoms with E-state index in [4.69, 9.17) is 11.6 Å². The van der Waals surface area contributed by atoms with Gasteiger partial charge in [0.1, 0.15) is 11.6 Å². The van der Waals surface area contributed by atoms with E-state index in [1.54, 1.807) is 18.3 Å². The van der Waals surface area contributed by atoms with Crippen LogP contribution in [0.4, 0.5) is 0 Å². The molecule has 0 saturated heterocycles. The van der Waals surface area contributed by atoms with Gasteiger partial charge < -0.3 is 10.1 Å². The fourth-order valence-corrected chi connectivity index (χ4v) is 1.84. The van der Waals surface area contributed by atoms with Crippen LogP contribution in [0.1, 0.15) is 0 Å². The van der Waals surface area contributed by atoms with Crippen molar-refractivity contribution < 1.29 is 5.11 Å². The molecule has 3 aromatic rings. The highest BCUT2D eigenvalue weighted by atomic mass is 35.5. The summed E-state index contributed by atoms with van der Waals surface area (Å²) in [6.45, 7) is 0. The van der Waals surface area contributed by atoms with Gasteiger partial charge in [-0.25, -0.2) is 9.97 Å². The Morgan fingerprint density at radius 2 is 2.12 bits per heavy atom. The Balaban J connectivity index is 2.23. The highest BCUT2D eigenvalue weighted by Crippen LogP contribution is 2.30. The third-order valence-corrected chi connectivity index (χ3v) is 2.71. The fraction of sp³-hybridized carbons (Fsp3) is 0. The van der Waals surface area contributed by atoms with Crippen molar-refractivity contribution in [1.82, 2.24) is 15.0 Å². The standard InChI is InChI=1S/C12H8ClN3O/c13-7-3-4-10(17)8(6-7)11-15-9-2-1-5-14-12(9)16-11/h1-6,17H,(H,14,15,16). The van der Waals surface area contributed by atoms with Crippen LogP contribution in [0.25, 0.3) is 22.6 Å². The minimum absolute atomic E-state index is 0.133. The first-order chi connectivity index (χ1) is 8.24. The van der Waals surface area contributed by atoms with Crippen LogP contribution in [0.2, 0.25) is 5.02 Å². The number of hydrogen-bond acceptors (Lipinski definition) is 3. The zero-order chi connectivity index (χ0) is 11.8. The maximum atomic E-state index is 9.77. The molecule has 0 aliphatic rings. The third-order valence-electron chi connectivity index (χ3n) is 2.47. The van der Waals surface area contributed by atoms with Crippen molar-refractivity contribution in [2.75, 3.05) is 0 Å². The lowest BCUT2D eigenvalue weighted by molar-refractivity contribution is 0.477. The molecule has 2 aromatic heterocycles. The number of nitrogens with zero attached hydrogens (tertiary/aromatic N) is 2. The Morgan fingerprint density at radius 1 is 1.24 bits per heavy atom. The van der Waals surface area contributed by atoms with Crippen LogP contribution in [0.3, 0.4) is 0 Å². The summed E-state index contributed by atoms with van der Waals surface area (Å²) in [5.41, 5.74) is 2.00. The van der Waals surface area contributed by atoms with Gasteiger partial charge in [-0.3, -0.25) is 0 Å². The van der Waals surface area contributed by atoms with E-state index < -0.39 is 0 Å². The second kappa shape index (κ2) is 3.75. The fourth-order valence-electron chi connectivity index (χ4n) is 1.67. The Hall–Kier alpha value is -2.07. The molecule has 0 radical (unpaired) electrons. The summed E-state index contributed by atoms with van der Waals surface area (Å²) < 4.78 is 0. The number of aromatic nitrogens is 3. The Labute approximate surface area is 102 Å². The van der Waals surface area contributed by atoms with Crippen molar-refractivity contribution >= 4 is 22.8 Å². The number of H-pyrrole nitrogens is 1. The van der Waals surface area contributed by atoms with E-state index in [1.807, 2.05) is 12.1 Å². The average molecular weight is 246 g/mol. The SMILES string of the molecule is Oc1ccc(Cl)cc1-c1nc2ncccc2[nH]1. The van der Waals surface area contributed by atoms with Crippen LogP contribution in [0.5, 0.6) is 5.75 Å². The maximum absolute atomic E-state index is 9.77. The van der Waals surface area contributed by atoms with Crippen molar-refractivity contribution in [2.45, 2.75) is 0 Å². The number of benzene rings is 1. The molecule has 0 aliphatic carbocycles. The van der Waals surface area contributed by atoms with E-state index in [9.17, 15) is 5.11 Å². The Bertz CT molecular complexity index is 660. The molecule has 2 N–H and O–H groups in total. The number of aromatic amines is 1. The molecule has 0 aliphatic heterocycles. The summed E-state index contributed by atoms with van der Waals surface area (Å²) in [6.07, 6.45) is 1.67. The highest BCUT2D eigenvalue weighted by Gasteiger charge is 2.10. The summed E-state index contributed by atoms with van der Waals surface area (Å²) in [5.74, 6) is 0.687. The minimum Gasteiger partial charge on any atom is -0.507 e. The van der Waals surface area contributed by atoms with E-state index >= 15 is 0 Å². The molecule has 84 valence electrons. The third kappa shape index (κ3) is 1.72. The van der Waals surface area contributed by atoms with Crippen LogP contribution in [0.15, 0.2) is 36.5 Å². The first-order valence-electron chi connectivity index (χ1n) is 5.03. The molecular formula is C12H8ClN3O. The zero-order valence-electron chi connectivity index (χ0n) is 8.68. The molecule has 0 amide bonds. The van der Waals surface area contributed by atoms with Gasteiger partial charge in [-0.05, 0) is 30.3 Å². The molecule has 3 rings (SSSR count). The Kier molecular flexibility index (Phi) is 2.23. The molecule has 0 spiro atoms. The van der Waals surface area contributed by atoms with E-state index in [1.165, 1.54) is 6.07 Å². The van der Waals surface area contributed by atoms with E-state index in [0.29, 0.717) is 22.1 Å². The summed E-state index contributed by atoms with van der Waals surface area (Å²) in [6, 6.07) is 8.52. The zero-order valence-corrected chi connectivity index (χ0v) is 9.44. The van der Waals surface area contributed by atoms with Crippen LogP contribution in [0, 0.1) is 0 Å². The molecule has 0 atom stereocenters. The van der Waals surface area contributed by atoms with Crippen molar-refractivity contribution in [1.29, 1.82) is 0 Å². The largest absolute Gasteiger partial charge is 0.507 e. The maximum Gasteiger partial charge on any atom is 0.178 e. The summed E-state index contributed by atoms with van der Waals surface area (Å²) >= 11 is 5.90.